The Bertz CT molecular complexity index is 261. The van der Waals surface area contributed by atoms with Crippen molar-refractivity contribution >= 4 is 10.4 Å². The second kappa shape index (κ2) is 8.03. The second-order valence-corrected chi connectivity index (χ2v) is 5.73. The Morgan fingerprint density at radius 3 is 2.19 bits per heavy atom. The average molecular weight is 252 g/mol. The number of hydrogen-bond acceptors (Lipinski definition) is 3. The molecule has 0 aliphatic heterocycles. The third kappa shape index (κ3) is 10.4. The lowest BCUT2D eigenvalue weighted by molar-refractivity contribution is 0.221. The van der Waals surface area contributed by atoms with Gasteiger partial charge in [-0.05, 0) is 18.3 Å². The van der Waals surface area contributed by atoms with Gasteiger partial charge in [-0.25, -0.2) is 4.18 Å². The summed E-state index contributed by atoms with van der Waals surface area (Å²) in [6.45, 7) is 6.42. The van der Waals surface area contributed by atoms with Gasteiger partial charge in [-0.3, -0.25) is 4.55 Å². The molecule has 0 radical (unpaired) electrons. The van der Waals surface area contributed by atoms with Crippen molar-refractivity contribution in [2.45, 2.75) is 52.9 Å². The fourth-order valence-electron chi connectivity index (χ4n) is 1.74. The van der Waals surface area contributed by atoms with Crippen LogP contribution in [0.25, 0.3) is 0 Å². The molecule has 16 heavy (non-hydrogen) atoms. The third-order valence-corrected chi connectivity index (χ3v) is 3.11. The molecule has 0 aliphatic carbocycles. The first-order valence-electron chi connectivity index (χ1n) is 5.97. The first-order valence-corrected chi connectivity index (χ1v) is 7.33. The lowest BCUT2D eigenvalue weighted by atomic mass is 9.96. The zero-order chi connectivity index (χ0) is 12.6. The predicted molar refractivity (Wildman–Crippen MR) is 64.6 cm³/mol. The van der Waals surface area contributed by atoms with E-state index in [4.69, 9.17) is 4.55 Å². The Labute approximate surface area is 99.3 Å². The van der Waals surface area contributed by atoms with Gasteiger partial charge in [-0.15, -0.1) is 0 Å². The van der Waals surface area contributed by atoms with Gasteiger partial charge in [0.05, 0.1) is 6.61 Å². The van der Waals surface area contributed by atoms with Crippen molar-refractivity contribution in [3.05, 3.63) is 0 Å². The Hall–Kier alpha value is -0.130. The quantitative estimate of drug-likeness (QED) is 0.641. The fraction of sp³-hybridized carbons (Fsp3) is 1.00. The van der Waals surface area contributed by atoms with Crippen molar-refractivity contribution in [2.75, 3.05) is 6.61 Å². The number of hydrogen-bond donors (Lipinski definition) is 1. The summed E-state index contributed by atoms with van der Waals surface area (Å²) in [5, 5.41) is 0. The summed E-state index contributed by atoms with van der Waals surface area (Å²) in [4.78, 5) is 0. The van der Waals surface area contributed by atoms with Gasteiger partial charge in [0, 0.05) is 0 Å². The van der Waals surface area contributed by atoms with Crippen LogP contribution < -0.4 is 0 Å². The van der Waals surface area contributed by atoms with E-state index < -0.39 is 10.4 Å². The van der Waals surface area contributed by atoms with Crippen LogP contribution in [0.3, 0.4) is 0 Å². The highest BCUT2D eigenvalue weighted by Crippen LogP contribution is 2.16. The zero-order valence-corrected chi connectivity index (χ0v) is 11.3. The van der Waals surface area contributed by atoms with Crippen LogP contribution in [0.15, 0.2) is 0 Å². The van der Waals surface area contributed by atoms with Gasteiger partial charge in [-0.2, -0.15) is 8.42 Å². The summed E-state index contributed by atoms with van der Waals surface area (Å²) in [5.74, 6) is 0.899. The monoisotopic (exact) mass is 252 g/mol. The molecule has 98 valence electrons. The molecule has 0 saturated carbocycles. The van der Waals surface area contributed by atoms with Gasteiger partial charge in [0.1, 0.15) is 0 Å². The highest BCUT2D eigenvalue weighted by Gasteiger charge is 2.09. The minimum atomic E-state index is -4.27. The summed E-state index contributed by atoms with van der Waals surface area (Å²) in [6, 6.07) is 0. The smallest absolute Gasteiger partial charge is 0.264 e. The van der Waals surface area contributed by atoms with Crippen LogP contribution in [-0.4, -0.2) is 19.6 Å². The summed E-state index contributed by atoms with van der Waals surface area (Å²) < 4.78 is 33.4. The van der Waals surface area contributed by atoms with Gasteiger partial charge in [-0.1, -0.05) is 46.5 Å². The lowest BCUT2D eigenvalue weighted by Gasteiger charge is -2.13. The normalized spacial score (nSPS) is 16.0. The maximum absolute atomic E-state index is 10.3. The molecule has 0 spiro atoms. The molecule has 1 N–H and O–H groups in total. The van der Waals surface area contributed by atoms with Gasteiger partial charge >= 0.3 is 10.4 Å². The maximum Gasteiger partial charge on any atom is 0.397 e. The molecule has 0 aromatic rings. The lowest BCUT2D eigenvalue weighted by Crippen LogP contribution is -2.11. The van der Waals surface area contributed by atoms with E-state index in [1.54, 1.807) is 0 Å². The molecule has 0 rings (SSSR count). The van der Waals surface area contributed by atoms with Crippen LogP contribution >= 0.6 is 0 Å². The van der Waals surface area contributed by atoms with Gasteiger partial charge < -0.3 is 0 Å². The van der Waals surface area contributed by atoms with E-state index in [0.717, 1.165) is 18.8 Å². The molecule has 4 nitrogen and oxygen atoms in total. The topological polar surface area (TPSA) is 63.6 Å². The van der Waals surface area contributed by atoms with Crippen molar-refractivity contribution in [2.24, 2.45) is 11.8 Å². The Morgan fingerprint density at radius 2 is 1.69 bits per heavy atom. The molecule has 0 saturated heterocycles. The third-order valence-electron chi connectivity index (χ3n) is 2.68. The SMILES string of the molecule is CCCC(C)CCCC(C)COS(=O)(=O)O. The van der Waals surface area contributed by atoms with E-state index in [-0.39, 0.29) is 12.5 Å². The van der Waals surface area contributed by atoms with Crippen LogP contribution in [0.5, 0.6) is 0 Å². The van der Waals surface area contributed by atoms with E-state index in [0.29, 0.717) is 0 Å². The summed E-state index contributed by atoms with van der Waals surface area (Å²) in [6.07, 6.45) is 5.64. The van der Waals surface area contributed by atoms with Gasteiger partial charge in [0.25, 0.3) is 0 Å². The molecule has 0 aliphatic rings. The van der Waals surface area contributed by atoms with Crippen molar-refractivity contribution in [3.8, 4) is 0 Å². The molecule has 0 fully saturated rings. The Kier molecular flexibility index (Phi) is 7.97. The largest absolute Gasteiger partial charge is 0.397 e. The minimum absolute atomic E-state index is 0.0704. The molecule has 0 aromatic heterocycles. The maximum atomic E-state index is 10.3. The molecule has 5 heteroatoms. The van der Waals surface area contributed by atoms with E-state index in [1.807, 2.05) is 6.92 Å². The molecule has 0 amide bonds. The predicted octanol–water partition coefficient (Wildman–Crippen LogP) is 3.05. The van der Waals surface area contributed by atoms with Gasteiger partial charge in [0.15, 0.2) is 0 Å². The first kappa shape index (κ1) is 15.9. The highest BCUT2D eigenvalue weighted by molar-refractivity contribution is 7.80. The van der Waals surface area contributed by atoms with Crippen molar-refractivity contribution in [3.63, 3.8) is 0 Å². The van der Waals surface area contributed by atoms with E-state index >= 15 is 0 Å². The summed E-state index contributed by atoms with van der Waals surface area (Å²) >= 11 is 0. The van der Waals surface area contributed by atoms with Gasteiger partial charge in [0.2, 0.25) is 0 Å². The highest BCUT2D eigenvalue weighted by atomic mass is 32.3. The van der Waals surface area contributed by atoms with E-state index in [9.17, 15) is 8.42 Å². The van der Waals surface area contributed by atoms with Crippen LogP contribution in [0.2, 0.25) is 0 Å². The Morgan fingerprint density at radius 1 is 1.12 bits per heavy atom. The summed E-state index contributed by atoms with van der Waals surface area (Å²) in [5.41, 5.74) is 0. The zero-order valence-electron chi connectivity index (χ0n) is 10.5. The molecule has 2 unspecified atom stereocenters. The fourth-order valence-corrected chi connectivity index (χ4v) is 2.14. The van der Waals surface area contributed by atoms with Crippen molar-refractivity contribution in [1.29, 1.82) is 0 Å². The molecule has 0 aromatic carbocycles. The second-order valence-electron chi connectivity index (χ2n) is 4.64. The Balaban J connectivity index is 3.54. The minimum Gasteiger partial charge on any atom is -0.264 e. The van der Waals surface area contributed by atoms with Crippen LogP contribution in [-0.2, 0) is 14.6 Å². The standard InChI is InChI=1S/C11H24O4S/c1-4-6-10(2)7-5-8-11(3)9-15-16(12,13)14/h10-11H,4-9H2,1-3H3,(H,12,13,14). The van der Waals surface area contributed by atoms with Crippen LogP contribution in [0, 0.1) is 11.8 Å². The molecule has 2 atom stereocenters. The average Bonchev–Trinajstić information content (AvgIpc) is 2.14. The van der Waals surface area contributed by atoms with Crippen LogP contribution in [0.4, 0.5) is 0 Å². The van der Waals surface area contributed by atoms with Crippen LogP contribution in [0.1, 0.15) is 52.9 Å². The number of rotatable bonds is 9. The molecule has 0 bridgehead atoms. The van der Waals surface area contributed by atoms with Crippen molar-refractivity contribution in [1.82, 2.24) is 0 Å². The molecular weight excluding hydrogens is 228 g/mol. The van der Waals surface area contributed by atoms with E-state index in [1.165, 1.54) is 19.3 Å². The first-order chi connectivity index (χ1) is 7.35. The summed E-state index contributed by atoms with van der Waals surface area (Å²) in [7, 11) is -4.27. The van der Waals surface area contributed by atoms with Crippen molar-refractivity contribution < 1.29 is 17.2 Å². The molecular formula is C11H24O4S. The van der Waals surface area contributed by atoms with E-state index in [2.05, 4.69) is 18.0 Å². The molecule has 0 heterocycles.